The quantitative estimate of drug-likeness (QED) is 0.772. The fourth-order valence-corrected chi connectivity index (χ4v) is 3.99. The third-order valence-electron chi connectivity index (χ3n) is 4.79. The third-order valence-corrected chi connectivity index (χ3v) is 5.02. The maximum Gasteiger partial charge on any atom is 0.142 e. The van der Waals surface area contributed by atoms with Gasteiger partial charge in [-0.15, -0.1) is 0 Å². The van der Waals surface area contributed by atoms with Gasteiger partial charge in [-0.25, -0.2) is 0 Å². The molecule has 4 rings (SSSR count). The van der Waals surface area contributed by atoms with Crippen LogP contribution < -0.4 is 10.1 Å². The van der Waals surface area contributed by atoms with Crippen LogP contribution in [0.2, 0.25) is 5.02 Å². The zero-order valence-electron chi connectivity index (χ0n) is 12.4. The molecule has 2 aliphatic rings. The number of halogens is 1. The largest absolute Gasteiger partial charge is 0.495 e. The number of benzene rings is 2. The molecule has 0 unspecified atom stereocenters. The number of allylic oxidation sites excluding steroid dienone is 2. The van der Waals surface area contributed by atoms with Gasteiger partial charge in [-0.3, -0.25) is 0 Å². The highest BCUT2D eigenvalue weighted by atomic mass is 35.5. The molecule has 3 heteroatoms. The Bertz CT molecular complexity index is 740. The number of hydrogen-bond donors (Lipinski definition) is 1. The van der Waals surface area contributed by atoms with E-state index >= 15 is 0 Å². The molecule has 0 bridgehead atoms. The van der Waals surface area contributed by atoms with Gasteiger partial charge in [-0.1, -0.05) is 48.0 Å². The molecule has 2 aromatic rings. The van der Waals surface area contributed by atoms with Crippen molar-refractivity contribution in [2.24, 2.45) is 5.92 Å². The van der Waals surface area contributed by atoms with Gasteiger partial charge in [0.25, 0.3) is 0 Å². The van der Waals surface area contributed by atoms with Crippen molar-refractivity contribution in [3.05, 3.63) is 70.8 Å². The molecule has 0 saturated carbocycles. The van der Waals surface area contributed by atoms with Crippen molar-refractivity contribution < 1.29 is 4.74 Å². The van der Waals surface area contributed by atoms with E-state index in [-0.39, 0.29) is 6.04 Å². The Kier molecular flexibility index (Phi) is 3.34. The molecule has 1 aliphatic heterocycles. The first-order chi connectivity index (χ1) is 10.8. The molecule has 0 fully saturated rings. The summed E-state index contributed by atoms with van der Waals surface area (Å²) < 4.78 is 5.56. The summed E-state index contributed by atoms with van der Waals surface area (Å²) in [6.45, 7) is 0. The van der Waals surface area contributed by atoms with Crippen LogP contribution in [0.5, 0.6) is 5.75 Å². The highest BCUT2D eigenvalue weighted by molar-refractivity contribution is 6.30. The highest BCUT2D eigenvalue weighted by Crippen LogP contribution is 2.52. The number of rotatable bonds is 2. The van der Waals surface area contributed by atoms with E-state index in [4.69, 9.17) is 16.3 Å². The van der Waals surface area contributed by atoms with Crippen LogP contribution in [0.1, 0.15) is 29.5 Å². The van der Waals surface area contributed by atoms with E-state index < -0.39 is 0 Å². The summed E-state index contributed by atoms with van der Waals surface area (Å²) in [7, 11) is 1.72. The number of fused-ring (bicyclic) bond motifs is 3. The van der Waals surface area contributed by atoms with Gasteiger partial charge in [0, 0.05) is 10.9 Å². The van der Waals surface area contributed by atoms with Gasteiger partial charge in [0.1, 0.15) is 5.75 Å². The Morgan fingerprint density at radius 2 is 2.05 bits per heavy atom. The smallest absolute Gasteiger partial charge is 0.142 e. The zero-order chi connectivity index (χ0) is 15.1. The highest BCUT2D eigenvalue weighted by Gasteiger charge is 2.38. The maximum atomic E-state index is 6.20. The average molecular weight is 312 g/mol. The fourth-order valence-electron chi connectivity index (χ4n) is 3.79. The van der Waals surface area contributed by atoms with Gasteiger partial charge in [0.15, 0.2) is 0 Å². The van der Waals surface area contributed by atoms with Crippen molar-refractivity contribution in [3.63, 3.8) is 0 Å². The average Bonchev–Trinajstić information content (AvgIpc) is 3.03. The summed E-state index contributed by atoms with van der Waals surface area (Å²) in [6.07, 6.45) is 5.72. The van der Waals surface area contributed by atoms with Crippen molar-refractivity contribution >= 4 is 17.3 Å². The Hall–Kier alpha value is -1.93. The van der Waals surface area contributed by atoms with E-state index in [1.54, 1.807) is 7.11 Å². The van der Waals surface area contributed by atoms with Crippen LogP contribution in [-0.4, -0.2) is 7.11 Å². The van der Waals surface area contributed by atoms with E-state index in [0.717, 1.165) is 22.9 Å². The van der Waals surface area contributed by atoms with E-state index in [1.165, 1.54) is 11.1 Å². The molecule has 1 heterocycles. The van der Waals surface area contributed by atoms with Crippen LogP contribution in [0.25, 0.3) is 0 Å². The van der Waals surface area contributed by atoms with Crippen molar-refractivity contribution in [1.82, 2.24) is 0 Å². The number of ether oxygens (including phenoxy) is 1. The first-order valence-corrected chi connectivity index (χ1v) is 8.01. The van der Waals surface area contributed by atoms with Crippen LogP contribution in [0, 0.1) is 5.92 Å². The van der Waals surface area contributed by atoms with Crippen LogP contribution in [0.4, 0.5) is 5.69 Å². The van der Waals surface area contributed by atoms with E-state index in [9.17, 15) is 0 Å². The second-order valence-corrected chi connectivity index (χ2v) is 6.39. The van der Waals surface area contributed by atoms with Gasteiger partial charge >= 0.3 is 0 Å². The molecule has 112 valence electrons. The molecule has 1 N–H and O–H groups in total. The van der Waals surface area contributed by atoms with Crippen LogP contribution in [-0.2, 0) is 0 Å². The predicted molar refractivity (Wildman–Crippen MR) is 90.8 cm³/mol. The Morgan fingerprint density at radius 1 is 1.18 bits per heavy atom. The Morgan fingerprint density at radius 3 is 2.86 bits per heavy atom. The monoisotopic (exact) mass is 311 g/mol. The second kappa shape index (κ2) is 5.36. The zero-order valence-corrected chi connectivity index (χ0v) is 13.2. The lowest BCUT2D eigenvalue weighted by Crippen LogP contribution is -2.29. The number of anilines is 1. The van der Waals surface area contributed by atoms with Gasteiger partial charge in [0.2, 0.25) is 0 Å². The van der Waals surface area contributed by atoms with E-state index in [1.807, 2.05) is 18.2 Å². The number of nitrogens with one attached hydrogen (secondary N) is 1. The summed E-state index contributed by atoms with van der Waals surface area (Å²) in [5, 5.41) is 4.49. The minimum Gasteiger partial charge on any atom is -0.495 e. The summed E-state index contributed by atoms with van der Waals surface area (Å²) >= 11 is 6.20. The first-order valence-electron chi connectivity index (χ1n) is 7.63. The van der Waals surface area contributed by atoms with Gasteiger partial charge in [-0.05, 0) is 41.7 Å². The molecule has 0 amide bonds. The maximum absolute atomic E-state index is 6.20. The molecule has 1 aliphatic carbocycles. The lowest BCUT2D eigenvalue weighted by atomic mass is 9.77. The van der Waals surface area contributed by atoms with Crippen LogP contribution in [0.3, 0.4) is 0 Å². The minimum absolute atomic E-state index is 0.252. The normalized spacial score (nSPS) is 25.3. The molecule has 0 spiro atoms. The SMILES string of the molecule is COc1cccc2c1N[C@H](c1cccc(Cl)c1)[C@@H]1CC=C[C@H]21. The molecule has 2 aromatic carbocycles. The number of methoxy groups -OCH3 is 1. The molecule has 2 nitrogen and oxygen atoms in total. The summed E-state index contributed by atoms with van der Waals surface area (Å²) in [6, 6.07) is 14.7. The molecular formula is C19H18ClNO. The topological polar surface area (TPSA) is 21.3 Å². The van der Waals surface area contributed by atoms with E-state index in [0.29, 0.717) is 11.8 Å². The van der Waals surface area contributed by atoms with Gasteiger partial charge < -0.3 is 10.1 Å². The minimum atomic E-state index is 0.252. The van der Waals surface area contributed by atoms with Crippen molar-refractivity contribution in [3.8, 4) is 5.75 Å². The Balaban J connectivity index is 1.83. The molecule has 0 saturated heterocycles. The second-order valence-electron chi connectivity index (χ2n) is 5.96. The summed E-state index contributed by atoms with van der Waals surface area (Å²) in [5.74, 6) is 1.87. The lowest BCUT2D eigenvalue weighted by Gasteiger charge is -2.38. The van der Waals surface area contributed by atoms with E-state index in [2.05, 4.69) is 41.7 Å². The molecule has 0 radical (unpaired) electrons. The predicted octanol–water partition coefficient (Wildman–Crippen LogP) is 5.18. The Labute approximate surface area is 135 Å². The molecular weight excluding hydrogens is 294 g/mol. The first kappa shape index (κ1) is 13.7. The summed E-state index contributed by atoms with van der Waals surface area (Å²) in [4.78, 5) is 0. The molecule has 3 atom stereocenters. The standard InChI is InChI=1S/C19H18ClNO/c1-22-17-10-4-9-16-14-7-3-8-15(14)18(21-19(16)17)12-5-2-6-13(20)11-12/h2-7,9-11,14-15,18,21H,8H2,1H3/t14-,15+,18+/m0/s1. The number of para-hydroxylation sites is 1. The number of hydrogen-bond acceptors (Lipinski definition) is 2. The lowest BCUT2D eigenvalue weighted by molar-refractivity contribution is 0.397. The van der Waals surface area contributed by atoms with Gasteiger partial charge in [0.05, 0.1) is 18.8 Å². The fraction of sp³-hybridized carbons (Fsp3) is 0.263. The molecule has 22 heavy (non-hydrogen) atoms. The third kappa shape index (κ3) is 2.10. The van der Waals surface area contributed by atoms with Crippen molar-refractivity contribution in [1.29, 1.82) is 0 Å². The molecule has 0 aromatic heterocycles. The van der Waals surface area contributed by atoms with Crippen LogP contribution in [0.15, 0.2) is 54.6 Å². The summed E-state index contributed by atoms with van der Waals surface area (Å²) in [5.41, 5.74) is 3.68. The van der Waals surface area contributed by atoms with Crippen molar-refractivity contribution in [2.75, 3.05) is 12.4 Å². The van der Waals surface area contributed by atoms with Crippen molar-refractivity contribution in [2.45, 2.75) is 18.4 Å². The van der Waals surface area contributed by atoms with Gasteiger partial charge in [-0.2, -0.15) is 0 Å². The van der Waals surface area contributed by atoms with Crippen LogP contribution >= 0.6 is 11.6 Å².